The zero-order valence-electron chi connectivity index (χ0n) is 14.3. The molecular weight excluding hydrogens is 392 g/mol. The van der Waals surface area contributed by atoms with E-state index < -0.39 is 11.7 Å². The molecule has 2 fully saturated rings. The van der Waals surface area contributed by atoms with Gasteiger partial charge in [0.1, 0.15) is 5.75 Å². The van der Waals surface area contributed by atoms with E-state index in [0.717, 1.165) is 51.2 Å². The van der Waals surface area contributed by atoms with E-state index >= 15 is 0 Å². The Balaban J connectivity index is 0.00000169. The van der Waals surface area contributed by atoms with E-state index in [0.29, 0.717) is 18.8 Å². The number of benzene rings is 1. The molecule has 0 amide bonds. The lowest BCUT2D eigenvalue weighted by atomic mass is 9.84. The standard InChI is InChI=1S/C17H23F3N2O2.2ClH/c18-17(19,20)13-1-2-15(23)14(11-13)16(12-3-9-24-10-4-12)22-7-5-21-6-8-22;;/h1-2,11-12,16,21,23H,3-10H2;2*1H/t16-;;/m0../s1. The van der Waals surface area contributed by atoms with Crippen LogP contribution in [0.1, 0.15) is 30.0 Å². The molecule has 0 aromatic heterocycles. The Bertz CT molecular complexity index is 545. The topological polar surface area (TPSA) is 44.7 Å². The van der Waals surface area contributed by atoms with Crippen molar-refractivity contribution < 1.29 is 23.0 Å². The normalized spacial score (nSPS) is 20.7. The summed E-state index contributed by atoms with van der Waals surface area (Å²) in [7, 11) is 0. The largest absolute Gasteiger partial charge is 0.508 e. The first-order chi connectivity index (χ1) is 11.5. The Hall–Kier alpha value is -0.730. The summed E-state index contributed by atoms with van der Waals surface area (Å²) in [6.45, 7) is 4.37. The van der Waals surface area contributed by atoms with Gasteiger partial charge in [0.15, 0.2) is 0 Å². The molecule has 2 heterocycles. The molecule has 0 bridgehead atoms. The summed E-state index contributed by atoms with van der Waals surface area (Å²) in [5, 5.41) is 13.6. The van der Waals surface area contributed by atoms with Crippen molar-refractivity contribution in [3.63, 3.8) is 0 Å². The number of ether oxygens (including phenoxy) is 1. The number of rotatable bonds is 3. The van der Waals surface area contributed by atoms with E-state index in [4.69, 9.17) is 4.74 Å². The number of hydrogen-bond acceptors (Lipinski definition) is 4. The molecule has 2 N–H and O–H groups in total. The first kappa shape index (κ1) is 23.3. The molecule has 1 aromatic rings. The van der Waals surface area contributed by atoms with E-state index in [1.807, 2.05) is 0 Å². The van der Waals surface area contributed by atoms with Gasteiger partial charge in [0.25, 0.3) is 0 Å². The zero-order valence-corrected chi connectivity index (χ0v) is 15.9. The molecule has 0 saturated carbocycles. The highest BCUT2D eigenvalue weighted by Gasteiger charge is 2.36. The second-order valence-electron chi connectivity index (χ2n) is 6.45. The minimum Gasteiger partial charge on any atom is -0.508 e. The molecule has 2 aliphatic rings. The molecule has 1 aromatic carbocycles. The van der Waals surface area contributed by atoms with Gasteiger partial charge < -0.3 is 15.2 Å². The van der Waals surface area contributed by atoms with Crippen LogP contribution in [-0.2, 0) is 10.9 Å². The fraction of sp³-hybridized carbons (Fsp3) is 0.647. The highest BCUT2D eigenvalue weighted by molar-refractivity contribution is 5.85. The maximum atomic E-state index is 13.1. The molecule has 26 heavy (non-hydrogen) atoms. The fourth-order valence-electron chi connectivity index (χ4n) is 3.71. The van der Waals surface area contributed by atoms with Gasteiger partial charge in [-0.25, -0.2) is 0 Å². The lowest BCUT2D eigenvalue weighted by Crippen LogP contribution is -2.47. The number of phenolic OH excluding ortho intramolecular Hbond substituents is 1. The monoisotopic (exact) mass is 416 g/mol. The molecule has 2 saturated heterocycles. The Labute approximate surface area is 163 Å². The summed E-state index contributed by atoms with van der Waals surface area (Å²) < 4.78 is 44.8. The molecule has 1 atom stereocenters. The van der Waals surface area contributed by atoms with Crippen LogP contribution in [0.3, 0.4) is 0 Å². The molecule has 2 aliphatic heterocycles. The summed E-state index contributed by atoms with van der Waals surface area (Å²) in [6, 6.07) is 3.03. The predicted octanol–water partition coefficient (Wildman–Crippen LogP) is 3.63. The van der Waals surface area contributed by atoms with Gasteiger partial charge in [0, 0.05) is 51.0 Å². The number of alkyl halides is 3. The Morgan fingerprint density at radius 3 is 2.31 bits per heavy atom. The minimum atomic E-state index is -4.41. The first-order valence-corrected chi connectivity index (χ1v) is 8.39. The molecule has 4 nitrogen and oxygen atoms in total. The smallest absolute Gasteiger partial charge is 0.416 e. The number of halogens is 5. The maximum Gasteiger partial charge on any atom is 0.416 e. The fourth-order valence-corrected chi connectivity index (χ4v) is 3.71. The van der Waals surface area contributed by atoms with Crippen molar-refractivity contribution in [2.45, 2.75) is 25.1 Å². The van der Waals surface area contributed by atoms with Crippen molar-refractivity contribution in [3.8, 4) is 5.75 Å². The number of phenols is 1. The van der Waals surface area contributed by atoms with Crippen LogP contribution < -0.4 is 5.32 Å². The van der Waals surface area contributed by atoms with Crippen LogP contribution in [0.5, 0.6) is 5.75 Å². The van der Waals surface area contributed by atoms with Crippen LogP contribution >= 0.6 is 24.8 Å². The lowest BCUT2D eigenvalue weighted by Gasteiger charge is -2.41. The highest BCUT2D eigenvalue weighted by Crippen LogP contribution is 2.41. The maximum absolute atomic E-state index is 13.1. The molecule has 9 heteroatoms. The zero-order chi connectivity index (χ0) is 17.2. The Kier molecular flexibility index (Phi) is 8.96. The van der Waals surface area contributed by atoms with Gasteiger partial charge in [-0.1, -0.05) is 0 Å². The van der Waals surface area contributed by atoms with Gasteiger partial charge >= 0.3 is 6.18 Å². The lowest BCUT2D eigenvalue weighted by molar-refractivity contribution is -0.137. The minimum absolute atomic E-state index is 0. The summed E-state index contributed by atoms with van der Waals surface area (Å²) in [6.07, 6.45) is -2.82. The van der Waals surface area contributed by atoms with Crippen molar-refractivity contribution in [3.05, 3.63) is 29.3 Å². The summed E-state index contributed by atoms with van der Waals surface area (Å²) in [4.78, 5) is 2.20. The second kappa shape index (κ2) is 9.99. The summed E-state index contributed by atoms with van der Waals surface area (Å²) >= 11 is 0. The highest BCUT2D eigenvalue weighted by atomic mass is 35.5. The molecule has 0 radical (unpaired) electrons. The molecule has 0 unspecified atom stereocenters. The average Bonchev–Trinajstić information content (AvgIpc) is 2.58. The number of hydrogen-bond donors (Lipinski definition) is 2. The van der Waals surface area contributed by atoms with Crippen molar-refractivity contribution >= 4 is 24.8 Å². The second-order valence-corrected chi connectivity index (χ2v) is 6.45. The van der Waals surface area contributed by atoms with Crippen LogP contribution in [0.15, 0.2) is 18.2 Å². The van der Waals surface area contributed by atoms with E-state index in [1.165, 1.54) is 6.07 Å². The van der Waals surface area contributed by atoms with Gasteiger partial charge in [-0.15, -0.1) is 24.8 Å². The molecule has 3 rings (SSSR count). The van der Waals surface area contributed by atoms with Crippen molar-refractivity contribution in [2.75, 3.05) is 39.4 Å². The van der Waals surface area contributed by atoms with Crippen molar-refractivity contribution in [2.24, 2.45) is 5.92 Å². The van der Waals surface area contributed by atoms with Crippen LogP contribution in [-0.4, -0.2) is 49.4 Å². The SMILES string of the molecule is Cl.Cl.Oc1ccc(C(F)(F)F)cc1[C@H](C1CCOCC1)N1CCNCC1. The van der Waals surface area contributed by atoms with Crippen molar-refractivity contribution in [1.82, 2.24) is 10.2 Å². The molecule has 150 valence electrons. The first-order valence-electron chi connectivity index (χ1n) is 8.39. The summed E-state index contributed by atoms with van der Waals surface area (Å²) in [5.74, 6) is 0.129. The van der Waals surface area contributed by atoms with Crippen molar-refractivity contribution in [1.29, 1.82) is 0 Å². The molecule has 0 spiro atoms. The van der Waals surface area contributed by atoms with Gasteiger partial charge in [-0.3, -0.25) is 4.90 Å². The third-order valence-electron chi connectivity index (χ3n) is 4.93. The number of nitrogens with one attached hydrogen (secondary N) is 1. The van der Waals surface area contributed by atoms with Crippen LogP contribution in [0.4, 0.5) is 13.2 Å². The Morgan fingerprint density at radius 2 is 1.73 bits per heavy atom. The van der Waals surface area contributed by atoms with Crippen LogP contribution in [0.2, 0.25) is 0 Å². The quantitative estimate of drug-likeness (QED) is 0.789. The molecule has 0 aliphatic carbocycles. The average molecular weight is 417 g/mol. The number of nitrogens with zero attached hydrogens (tertiary/aromatic N) is 1. The predicted molar refractivity (Wildman–Crippen MR) is 98.3 cm³/mol. The van der Waals surface area contributed by atoms with E-state index in [9.17, 15) is 18.3 Å². The van der Waals surface area contributed by atoms with E-state index in [2.05, 4.69) is 10.2 Å². The summed E-state index contributed by atoms with van der Waals surface area (Å²) in [5.41, 5.74) is -0.318. The number of aromatic hydroxyl groups is 1. The third-order valence-corrected chi connectivity index (χ3v) is 4.93. The number of piperazine rings is 1. The van der Waals surface area contributed by atoms with Crippen LogP contribution in [0, 0.1) is 5.92 Å². The van der Waals surface area contributed by atoms with Gasteiger partial charge in [-0.2, -0.15) is 13.2 Å². The van der Waals surface area contributed by atoms with Gasteiger partial charge in [0.05, 0.1) is 5.56 Å². The van der Waals surface area contributed by atoms with Gasteiger partial charge in [-0.05, 0) is 37.0 Å². The molecular formula is C17H25Cl2F3N2O2. The third kappa shape index (κ3) is 5.39. The van der Waals surface area contributed by atoms with E-state index in [-0.39, 0.29) is 42.5 Å². The van der Waals surface area contributed by atoms with Gasteiger partial charge in [0.2, 0.25) is 0 Å². The van der Waals surface area contributed by atoms with Crippen LogP contribution in [0.25, 0.3) is 0 Å². The Morgan fingerprint density at radius 1 is 1.12 bits per heavy atom. The van der Waals surface area contributed by atoms with E-state index in [1.54, 1.807) is 0 Å².